The van der Waals surface area contributed by atoms with E-state index in [2.05, 4.69) is 30.8 Å². The number of hydrogen-bond donors (Lipinski definition) is 2. The van der Waals surface area contributed by atoms with E-state index in [4.69, 9.17) is 11.6 Å². The van der Waals surface area contributed by atoms with Gasteiger partial charge in [-0.1, -0.05) is 11.6 Å². The third kappa shape index (κ3) is 5.38. The standard InChI is InChI=1S/C22H13ClF5N7O2/c23-12-7-11(9-31-21(12)35-32-5-6-33-35)34-22(37)16-19(27)17(25)15(18(26)20(16)28)13-2-1-10(8-30-13)29-4-3-14(24)36/h1-2,5-9,29H,3-4H2,(H,34,37). The summed E-state index contributed by atoms with van der Waals surface area (Å²) in [4.78, 5) is 31.6. The van der Waals surface area contributed by atoms with E-state index in [1.54, 1.807) is 0 Å². The van der Waals surface area contributed by atoms with E-state index in [0.717, 1.165) is 23.3 Å². The molecule has 1 amide bonds. The maximum absolute atomic E-state index is 14.8. The molecule has 0 aliphatic rings. The highest BCUT2D eigenvalue weighted by molar-refractivity contribution is 6.32. The van der Waals surface area contributed by atoms with Crippen LogP contribution in [0, 0.1) is 23.3 Å². The second kappa shape index (κ2) is 10.7. The van der Waals surface area contributed by atoms with Gasteiger partial charge in [0, 0.05) is 6.54 Å². The lowest BCUT2D eigenvalue weighted by molar-refractivity contribution is -0.128. The molecule has 37 heavy (non-hydrogen) atoms. The number of carbonyl (C=O) groups is 2. The highest BCUT2D eigenvalue weighted by atomic mass is 35.5. The average Bonchev–Trinajstić information content (AvgIpc) is 3.38. The van der Waals surface area contributed by atoms with Gasteiger partial charge in [-0.15, -0.1) is 4.80 Å². The number of benzene rings is 1. The van der Waals surface area contributed by atoms with E-state index in [0.29, 0.717) is 0 Å². The second-order valence-electron chi connectivity index (χ2n) is 7.27. The minimum Gasteiger partial charge on any atom is -0.383 e. The van der Waals surface area contributed by atoms with Crippen molar-refractivity contribution in [3.8, 4) is 17.1 Å². The monoisotopic (exact) mass is 537 g/mol. The molecule has 0 saturated carbocycles. The predicted octanol–water partition coefficient (Wildman–Crippen LogP) is 4.48. The van der Waals surface area contributed by atoms with Crippen LogP contribution in [0.3, 0.4) is 0 Å². The summed E-state index contributed by atoms with van der Waals surface area (Å²) < 4.78 is 71.4. The van der Waals surface area contributed by atoms with Gasteiger partial charge in [-0.2, -0.15) is 14.6 Å². The fraction of sp³-hybridized carbons (Fsp3) is 0.0909. The first-order valence-corrected chi connectivity index (χ1v) is 10.6. The van der Waals surface area contributed by atoms with Gasteiger partial charge in [-0.05, 0) is 18.2 Å². The Balaban J connectivity index is 1.59. The van der Waals surface area contributed by atoms with Crippen LogP contribution in [0.4, 0.5) is 33.3 Å². The van der Waals surface area contributed by atoms with Crippen LogP contribution < -0.4 is 10.6 Å². The van der Waals surface area contributed by atoms with Crippen molar-refractivity contribution in [2.24, 2.45) is 0 Å². The zero-order valence-corrected chi connectivity index (χ0v) is 19.0. The lowest BCUT2D eigenvalue weighted by Crippen LogP contribution is -2.19. The maximum Gasteiger partial charge on any atom is 0.303 e. The number of rotatable bonds is 8. The van der Waals surface area contributed by atoms with Crippen molar-refractivity contribution in [1.29, 1.82) is 0 Å². The zero-order valence-electron chi connectivity index (χ0n) is 18.3. The Morgan fingerprint density at radius 3 is 2.14 bits per heavy atom. The topological polar surface area (TPSA) is 115 Å². The van der Waals surface area contributed by atoms with E-state index in [9.17, 15) is 31.5 Å². The molecule has 2 N–H and O–H groups in total. The smallest absolute Gasteiger partial charge is 0.303 e. The Bertz CT molecular complexity index is 1460. The van der Waals surface area contributed by atoms with Crippen LogP contribution in [0.1, 0.15) is 16.8 Å². The fourth-order valence-corrected chi connectivity index (χ4v) is 3.41. The van der Waals surface area contributed by atoms with E-state index in [1.165, 1.54) is 24.5 Å². The molecular formula is C22H13ClF5N7O2. The molecule has 4 rings (SSSR count). The molecule has 0 radical (unpaired) electrons. The Morgan fingerprint density at radius 2 is 1.57 bits per heavy atom. The van der Waals surface area contributed by atoms with Gasteiger partial charge < -0.3 is 10.6 Å². The molecule has 0 bridgehead atoms. The van der Waals surface area contributed by atoms with E-state index >= 15 is 0 Å². The van der Waals surface area contributed by atoms with Gasteiger partial charge in [0.2, 0.25) is 0 Å². The summed E-state index contributed by atoms with van der Waals surface area (Å²) in [5.41, 5.74) is -3.01. The molecule has 190 valence electrons. The molecule has 1 aromatic carbocycles. The predicted molar refractivity (Wildman–Crippen MR) is 121 cm³/mol. The summed E-state index contributed by atoms with van der Waals surface area (Å²) >= 11 is 6.08. The molecule has 0 aliphatic carbocycles. The molecular weight excluding hydrogens is 525 g/mol. The van der Waals surface area contributed by atoms with Crippen molar-refractivity contribution >= 4 is 34.9 Å². The average molecular weight is 538 g/mol. The summed E-state index contributed by atoms with van der Waals surface area (Å²) in [5, 5.41) is 12.4. The number of hydrogen-bond acceptors (Lipinski definition) is 7. The first kappa shape index (κ1) is 25.6. The number of nitrogens with one attached hydrogen (secondary N) is 2. The summed E-state index contributed by atoms with van der Waals surface area (Å²) in [6.45, 7) is -0.0737. The molecule has 9 nitrogen and oxygen atoms in total. The Kier molecular flexibility index (Phi) is 7.38. The van der Waals surface area contributed by atoms with Crippen LogP contribution in [-0.2, 0) is 4.79 Å². The molecule has 15 heteroatoms. The summed E-state index contributed by atoms with van der Waals surface area (Å²) in [5.74, 6) is -9.01. The molecule has 4 aromatic rings. The summed E-state index contributed by atoms with van der Waals surface area (Å²) in [6, 6.07) is 1.92. The van der Waals surface area contributed by atoms with E-state index in [-0.39, 0.29) is 28.8 Å². The number of aromatic nitrogens is 5. The maximum atomic E-state index is 14.8. The van der Waals surface area contributed by atoms with Crippen LogP contribution in [0.25, 0.3) is 17.1 Å². The van der Waals surface area contributed by atoms with Crippen molar-refractivity contribution < 1.29 is 31.5 Å². The van der Waals surface area contributed by atoms with Crippen molar-refractivity contribution in [3.05, 3.63) is 76.8 Å². The number of carbonyl (C=O) groups excluding carboxylic acids is 2. The molecule has 0 spiro atoms. The number of anilines is 2. The molecule has 0 fully saturated rings. The quantitative estimate of drug-likeness (QED) is 0.193. The summed E-state index contributed by atoms with van der Waals surface area (Å²) in [6.07, 6.45) is 4.45. The molecule has 0 aliphatic heterocycles. The molecule has 0 unspecified atom stereocenters. The van der Waals surface area contributed by atoms with Crippen molar-refractivity contribution in [2.45, 2.75) is 6.42 Å². The Labute approximate surface area is 209 Å². The van der Waals surface area contributed by atoms with Gasteiger partial charge in [0.05, 0.1) is 58.9 Å². The number of halogens is 6. The van der Waals surface area contributed by atoms with Gasteiger partial charge >= 0.3 is 6.04 Å². The third-order valence-electron chi connectivity index (χ3n) is 4.85. The molecule has 3 aromatic heterocycles. The Hall–Kier alpha value is -4.46. The SMILES string of the molecule is O=C(F)CCNc1ccc(-c2c(F)c(F)c(C(=O)Nc3cnc(-n4nccn4)c(Cl)c3)c(F)c2F)nc1. The lowest BCUT2D eigenvalue weighted by Gasteiger charge is -2.13. The lowest BCUT2D eigenvalue weighted by atomic mass is 10.0. The van der Waals surface area contributed by atoms with Crippen LogP contribution >= 0.6 is 11.6 Å². The van der Waals surface area contributed by atoms with Crippen LogP contribution in [0.15, 0.2) is 43.0 Å². The number of amides is 1. The van der Waals surface area contributed by atoms with Crippen LogP contribution in [0.5, 0.6) is 0 Å². The molecule has 3 heterocycles. The van der Waals surface area contributed by atoms with E-state index in [1.807, 2.05) is 0 Å². The highest BCUT2D eigenvalue weighted by Crippen LogP contribution is 2.32. The van der Waals surface area contributed by atoms with E-state index < -0.39 is 58.5 Å². The largest absolute Gasteiger partial charge is 0.383 e. The first-order valence-electron chi connectivity index (χ1n) is 10.3. The van der Waals surface area contributed by atoms with Crippen LogP contribution in [0.2, 0.25) is 5.02 Å². The number of nitrogens with zero attached hydrogens (tertiary/aromatic N) is 5. The van der Waals surface area contributed by atoms with Crippen LogP contribution in [-0.4, -0.2) is 43.5 Å². The highest BCUT2D eigenvalue weighted by Gasteiger charge is 2.30. The van der Waals surface area contributed by atoms with Gasteiger partial charge in [0.15, 0.2) is 29.1 Å². The molecule has 0 atom stereocenters. The number of pyridine rings is 2. The minimum atomic E-state index is -1.95. The minimum absolute atomic E-state index is 0.0389. The zero-order chi connectivity index (χ0) is 26.7. The normalized spacial score (nSPS) is 10.9. The van der Waals surface area contributed by atoms with Gasteiger partial charge in [-0.3, -0.25) is 14.6 Å². The molecule has 0 saturated heterocycles. The second-order valence-corrected chi connectivity index (χ2v) is 7.68. The first-order chi connectivity index (χ1) is 17.7. The van der Waals surface area contributed by atoms with Crippen molar-refractivity contribution in [3.63, 3.8) is 0 Å². The fourth-order valence-electron chi connectivity index (χ4n) is 3.17. The van der Waals surface area contributed by atoms with Crippen molar-refractivity contribution in [1.82, 2.24) is 25.0 Å². The van der Waals surface area contributed by atoms with Gasteiger partial charge in [0.1, 0.15) is 5.56 Å². The third-order valence-corrected chi connectivity index (χ3v) is 5.13. The Morgan fingerprint density at radius 1 is 0.919 bits per heavy atom. The van der Waals surface area contributed by atoms with Gasteiger partial charge in [-0.25, -0.2) is 22.5 Å². The summed E-state index contributed by atoms with van der Waals surface area (Å²) in [7, 11) is 0. The van der Waals surface area contributed by atoms with Crippen molar-refractivity contribution in [2.75, 3.05) is 17.2 Å². The van der Waals surface area contributed by atoms with Gasteiger partial charge in [0.25, 0.3) is 5.91 Å².